The third-order valence-corrected chi connectivity index (χ3v) is 6.55. The monoisotopic (exact) mass is 399 g/mol. The summed E-state index contributed by atoms with van der Waals surface area (Å²) in [4.78, 5) is 19.2. The number of carbonyl (C=O) groups excluding carboxylic acids is 1. The molecular formula is C15H18IN3O2. The van der Waals surface area contributed by atoms with Crippen LogP contribution in [0.5, 0.6) is 5.75 Å². The summed E-state index contributed by atoms with van der Waals surface area (Å²) in [5, 5.41) is 3.21. The summed E-state index contributed by atoms with van der Waals surface area (Å²) in [5.74, 6) is 1.35. The van der Waals surface area contributed by atoms with Gasteiger partial charge in [-0.05, 0) is 38.8 Å². The van der Waals surface area contributed by atoms with Gasteiger partial charge < -0.3 is 8.38 Å². The van der Waals surface area contributed by atoms with Gasteiger partial charge in [0.1, 0.15) is 32.6 Å². The summed E-state index contributed by atoms with van der Waals surface area (Å²) in [6.45, 7) is 4.56. The molecule has 0 spiro atoms. The Morgan fingerprint density at radius 3 is 3.05 bits per heavy atom. The van der Waals surface area contributed by atoms with Gasteiger partial charge in [-0.3, -0.25) is 14.7 Å². The number of fused-ring (bicyclic) bond motifs is 4. The largest absolute Gasteiger partial charge is 0.435 e. The first-order chi connectivity index (χ1) is 10.2. The number of hydrogen-bond donors (Lipinski definition) is 1. The van der Waals surface area contributed by atoms with Crippen molar-refractivity contribution in [1.29, 1.82) is 0 Å². The SMILES string of the molecule is C[C@H]1[C@H](NC(=O)c2cc3c(cn2)C=IO3)C2CCN1CC2. The van der Waals surface area contributed by atoms with Crippen LogP contribution in [0, 0.1) is 5.92 Å². The average molecular weight is 399 g/mol. The molecule has 5 rings (SSSR count). The summed E-state index contributed by atoms with van der Waals surface area (Å²) < 4.78 is 7.66. The van der Waals surface area contributed by atoms with Gasteiger partial charge in [-0.2, -0.15) is 0 Å². The van der Waals surface area contributed by atoms with E-state index < -0.39 is 0 Å². The van der Waals surface area contributed by atoms with Crippen molar-refractivity contribution in [3.8, 4) is 5.75 Å². The average Bonchev–Trinajstić information content (AvgIpc) is 2.98. The highest BCUT2D eigenvalue weighted by atomic mass is 127. The predicted octanol–water partition coefficient (Wildman–Crippen LogP) is 1.72. The van der Waals surface area contributed by atoms with Crippen molar-refractivity contribution in [2.75, 3.05) is 13.1 Å². The van der Waals surface area contributed by atoms with Crippen LogP contribution in [0.3, 0.4) is 0 Å². The number of nitrogens with one attached hydrogen (secondary N) is 1. The standard InChI is InChI=1S/C15H18IN3O2/c1-9-14(10-2-4-19(9)5-3-10)18-15(20)12-6-13-11(8-17-12)7-16-21-13/h6-10,14H,2-5H2,1H3,(H,18,20)/t9-,14-/m0/s1. The maximum absolute atomic E-state index is 12.5. The normalized spacial score (nSPS) is 33.0. The van der Waals surface area contributed by atoms with E-state index in [2.05, 4.69) is 26.1 Å². The number of amides is 1. The van der Waals surface area contributed by atoms with Crippen LogP contribution in [0.2, 0.25) is 0 Å². The molecule has 1 aromatic rings. The van der Waals surface area contributed by atoms with E-state index in [0.29, 0.717) is 17.7 Å². The Kier molecular flexibility index (Phi) is 3.45. The smallest absolute Gasteiger partial charge is 0.270 e. The predicted molar refractivity (Wildman–Crippen MR) is 89.1 cm³/mol. The minimum atomic E-state index is -0.353. The van der Waals surface area contributed by atoms with Gasteiger partial charge in [0.25, 0.3) is 5.91 Å². The van der Waals surface area contributed by atoms with Crippen molar-refractivity contribution in [3.63, 3.8) is 0 Å². The second-order valence-electron chi connectivity index (χ2n) is 6.00. The Labute approximate surface area is 134 Å². The van der Waals surface area contributed by atoms with Crippen molar-refractivity contribution in [3.05, 3.63) is 23.5 Å². The maximum atomic E-state index is 12.5. The van der Waals surface area contributed by atoms with Gasteiger partial charge in [-0.25, -0.2) is 0 Å². The van der Waals surface area contributed by atoms with Crippen LogP contribution in [-0.2, 0) is 0 Å². The minimum absolute atomic E-state index is 0.0721. The Hall–Kier alpha value is -1.02. The number of carbonyl (C=O) groups is 1. The first kappa shape index (κ1) is 13.6. The number of rotatable bonds is 2. The van der Waals surface area contributed by atoms with E-state index in [4.69, 9.17) is 3.07 Å². The van der Waals surface area contributed by atoms with Crippen molar-refractivity contribution in [2.24, 2.45) is 5.92 Å². The van der Waals surface area contributed by atoms with E-state index in [9.17, 15) is 4.79 Å². The molecule has 1 aromatic heterocycles. The lowest BCUT2D eigenvalue weighted by Gasteiger charge is -2.49. The molecule has 6 heteroatoms. The number of nitrogens with zero attached hydrogens (tertiary/aromatic N) is 2. The lowest BCUT2D eigenvalue weighted by Crippen LogP contribution is -2.62. The van der Waals surface area contributed by atoms with Crippen molar-refractivity contribution in [2.45, 2.75) is 31.8 Å². The first-order valence-corrected chi connectivity index (χ1v) is 9.53. The van der Waals surface area contributed by atoms with Crippen LogP contribution < -0.4 is 8.38 Å². The number of halogens is 1. The molecule has 0 saturated carbocycles. The molecule has 5 nitrogen and oxygen atoms in total. The third-order valence-electron chi connectivity index (χ3n) is 4.89. The summed E-state index contributed by atoms with van der Waals surface area (Å²) >= 11 is -0.353. The molecule has 4 aliphatic rings. The highest BCUT2D eigenvalue weighted by Crippen LogP contribution is 2.32. The van der Waals surface area contributed by atoms with Crippen LogP contribution in [0.15, 0.2) is 12.3 Å². The molecule has 1 N–H and O–H groups in total. The van der Waals surface area contributed by atoms with E-state index in [-0.39, 0.29) is 33.1 Å². The van der Waals surface area contributed by atoms with E-state index in [1.54, 1.807) is 12.3 Å². The van der Waals surface area contributed by atoms with Crippen molar-refractivity contribution < 1.29 is 7.86 Å². The highest BCUT2D eigenvalue weighted by Gasteiger charge is 2.40. The van der Waals surface area contributed by atoms with Gasteiger partial charge in [0.05, 0.1) is 0 Å². The molecule has 3 saturated heterocycles. The lowest BCUT2D eigenvalue weighted by molar-refractivity contribution is 0.0216. The number of pyridine rings is 1. The van der Waals surface area contributed by atoms with Gasteiger partial charge in [-0.1, -0.05) is 0 Å². The summed E-state index contributed by atoms with van der Waals surface area (Å²) in [7, 11) is 0. The molecule has 3 fully saturated rings. The van der Waals surface area contributed by atoms with Crippen molar-refractivity contribution in [1.82, 2.24) is 15.2 Å². The molecule has 112 valence electrons. The zero-order valence-corrected chi connectivity index (χ0v) is 14.0. The molecule has 0 aromatic carbocycles. The lowest BCUT2D eigenvalue weighted by atomic mass is 9.79. The number of aromatic nitrogens is 1. The maximum Gasteiger partial charge on any atom is 0.270 e. The van der Waals surface area contributed by atoms with E-state index in [1.807, 2.05) is 0 Å². The fourth-order valence-electron chi connectivity index (χ4n) is 3.61. The van der Waals surface area contributed by atoms with E-state index >= 15 is 0 Å². The van der Waals surface area contributed by atoms with Gasteiger partial charge in [-0.15, -0.1) is 0 Å². The fourth-order valence-corrected chi connectivity index (χ4v) is 5.13. The molecule has 2 atom stereocenters. The van der Waals surface area contributed by atoms with Gasteiger partial charge in [0, 0.05) is 33.9 Å². The highest BCUT2D eigenvalue weighted by molar-refractivity contribution is 14.2. The first-order valence-electron chi connectivity index (χ1n) is 7.41. The van der Waals surface area contributed by atoms with Gasteiger partial charge >= 0.3 is 0 Å². The molecule has 2 bridgehead atoms. The zero-order valence-electron chi connectivity index (χ0n) is 11.9. The summed E-state index contributed by atoms with van der Waals surface area (Å²) in [6, 6.07) is 2.45. The van der Waals surface area contributed by atoms with E-state index in [1.165, 1.54) is 25.9 Å². The quantitative estimate of drug-likeness (QED) is 0.770. The number of hydrogen-bond acceptors (Lipinski definition) is 4. The van der Waals surface area contributed by atoms with Crippen LogP contribution >= 0.6 is 21.1 Å². The van der Waals surface area contributed by atoms with Gasteiger partial charge in [0.15, 0.2) is 0 Å². The molecule has 1 amide bonds. The Morgan fingerprint density at radius 1 is 1.48 bits per heavy atom. The van der Waals surface area contributed by atoms with Crippen LogP contribution in [0.1, 0.15) is 35.8 Å². The molecule has 4 aliphatic heterocycles. The Balaban J connectivity index is 1.51. The van der Waals surface area contributed by atoms with Crippen LogP contribution in [0.25, 0.3) is 0 Å². The van der Waals surface area contributed by atoms with Crippen LogP contribution in [-0.4, -0.2) is 45.0 Å². The van der Waals surface area contributed by atoms with Crippen LogP contribution in [0.4, 0.5) is 0 Å². The molecule has 5 heterocycles. The molecule has 0 unspecified atom stereocenters. The Morgan fingerprint density at radius 2 is 2.29 bits per heavy atom. The third kappa shape index (κ3) is 2.38. The molecule has 0 radical (unpaired) electrons. The molecular weight excluding hydrogens is 381 g/mol. The fraction of sp³-hybridized carbons (Fsp3) is 0.533. The number of piperidine rings is 3. The molecule has 21 heavy (non-hydrogen) atoms. The van der Waals surface area contributed by atoms with Crippen molar-refractivity contribution >= 4 is 31.1 Å². The second-order valence-corrected chi connectivity index (χ2v) is 7.57. The zero-order chi connectivity index (χ0) is 14.4. The second kappa shape index (κ2) is 5.31. The van der Waals surface area contributed by atoms with E-state index in [0.717, 1.165) is 11.3 Å². The summed E-state index contributed by atoms with van der Waals surface area (Å²) in [5.41, 5.74) is 1.49. The van der Waals surface area contributed by atoms with Gasteiger partial charge in [0.2, 0.25) is 0 Å². The Bertz CT molecular complexity index is 609. The minimum Gasteiger partial charge on any atom is -0.435 e. The molecule has 0 aliphatic carbocycles. The summed E-state index contributed by atoms with van der Waals surface area (Å²) in [6.07, 6.45) is 4.13. The topological polar surface area (TPSA) is 54.5 Å².